The Labute approximate surface area is 184 Å². The third kappa shape index (κ3) is 3.78. The van der Waals surface area contributed by atoms with Crippen molar-refractivity contribution in [3.05, 3.63) is 87.3 Å². The maximum atomic E-state index is 13.1. The number of rotatable bonds is 5. The molecule has 32 heavy (non-hydrogen) atoms. The molecule has 4 rings (SSSR count). The lowest BCUT2D eigenvalue weighted by molar-refractivity contribution is -0.114. The number of aromatic nitrogens is 2. The Morgan fingerprint density at radius 3 is 2.38 bits per heavy atom. The van der Waals surface area contributed by atoms with E-state index >= 15 is 0 Å². The number of hydrogen-bond donors (Lipinski definition) is 1. The van der Waals surface area contributed by atoms with E-state index in [2.05, 4.69) is 10.2 Å². The second kappa shape index (κ2) is 8.50. The monoisotopic (exact) mass is 430 g/mol. The van der Waals surface area contributed by atoms with E-state index in [0.717, 1.165) is 0 Å². The quantitative estimate of drug-likeness (QED) is 0.495. The van der Waals surface area contributed by atoms with E-state index in [1.807, 2.05) is 18.2 Å². The standard InChI is InChI=1S/C24H22N4O4/c1-4-32-24(31)17-10-12-19(13-11-17)28-23(30)21(16(3)26-28)14-20-15(2)25-27(22(20)29)18-8-6-5-7-9-18/h5-14,26H,4H2,1-3H3. The molecule has 2 aromatic carbocycles. The van der Waals surface area contributed by atoms with Gasteiger partial charge < -0.3 is 4.74 Å². The minimum absolute atomic E-state index is 0.289. The summed E-state index contributed by atoms with van der Waals surface area (Å²) in [6, 6.07) is 15.6. The molecule has 162 valence electrons. The number of anilines is 1. The summed E-state index contributed by atoms with van der Waals surface area (Å²) in [7, 11) is 0. The summed E-state index contributed by atoms with van der Waals surface area (Å²) in [5.74, 6) is -0.712. The van der Waals surface area contributed by atoms with Gasteiger partial charge in [0.15, 0.2) is 0 Å². The SMILES string of the molecule is CCOC(=O)c1ccc(-n2[nH]c(C)c(C=C3C(=O)N(c4ccccc4)N=C3C)c2=O)cc1. The third-order valence-electron chi connectivity index (χ3n) is 5.11. The van der Waals surface area contributed by atoms with Gasteiger partial charge in [0.25, 0.3) is 11.5 Å². The van der Waals surface area contributed by atoms with E-state index in [1.165, 1.54) is 9.69 Å². The highest BCUT2D eigenvalue weighted by Crippen LogP contribution is 2.24. The fraction of sp³-hybridized carbons (Fsp3) is 0.167. The number of H-pyrrole nitrogens is 1. The van der Waals surface area contributed by atoms with Crippen molar-refractivity contribution >= 4 is 29.4 Å². The number of aromatic amines is 1. The zero-order valence-electron chi connectivity index (χ0n) is 18.0. The first-order valence-corrected chi connectivity index (χ1v) is 10.2. The summed E-state index contributed by atoms with van der Waals surface area (Å²) in [4.78, 5) is 37.9. The lowest BCUT2D eigenvalue weighted by Crippen LogP contribution is -2.21. The van der Waals surface area contributed by atoms with Crippen LogP contribution < -0.4 is 10.6 Å². The number of amides is 1. The average Bonchev–Trinajstić information content (AvgIpc) is 3.25. The molecule has 2 heterocycles. The van der Waals surface area contributed by atoms with Gasteiger partial charge >= 0.3 is 5.97 Å². The van der Waals surface area contributed by atoms with Crippen molar-refractivity contribution in [3.63, 3.8) is 0 Å². The maximum Gasteiger partial charge on any atom is 0.338 e. The van der Waals surface area contributed by atoms with Crippen LogP contribution in [-0.4, -0.2) is 34.0 Å². The predicted octanol–water partition coefficient (Wildman–Crippen LogP) is 3.46. The number of carbonyl (C=O) groups excluding carboxylic acids is 2. The normalized spacial score (nSPS) is 14.7. The summed E-state index contributed by atoms with van der Waals surface area (Å²) < 4.78 is 6.36. The molecule has 0 spiro atoms. The second-order valence-corrected chi connectivity index (χ2v) is 7.25. The van der Waals surface area contributed by atoms with Gasteiger partial charge in [-0.2, -0.15) is 10.1 Å². The molecule has 8 heteroatoms. The largest absolute Gasteiger partial charge is 0.462 e. The topological polar surface area (TPSA) is 96.8 Å². The molecule has 0 aliphatic carbocycles. The van der Waals surface area contributed by atoms with Crippen molar-refractivity contribution in [2.45, 2.75) is 20.8 Å². The number of nitrogens with zero attached hydrogens (tertiary/aromatic N) is 3. The van der Waals surface area contributed by atoms with E-state index in [1.54, 1.807) is 63.2 Å². The number of ether oxygens (including phenoxy) is 1. The van der Waals surface area contributed by atoms with E-state index in [9.17, 15) is 14.4 Å². The van der Waals surface area contributed by atoms with Gasteiger partial charge in [0, 0.05) is 5.69 Å². The van der Waals surface area contributed by atoms with Crippen LogP contribution in [0.1, 0.15) is 35.5 Å². The number of carbonyl (C=O) groups is 2. The minimum atomic E-state index is -0.419. The Balaban J connectivity index is 1.66. The van der Waals surface area contributed by atoms with Crippen LogP contribution in [0.4, 0.5) is 5.69 Å². The van der Waals surface area contributed by atoms with Crippen LogP contribution in [0.15, 0.2) is 70.1 Å². The lowest BCUT2D eigenvalue weighted by atomic mass is 10.1. The van der Waals surface area contributed by atoms with Crippen molar-refractivity contribution in [2.75, 3.05) is 11.6 Å². The van der Waals surface area contributed by atoms with Crippen LogP contribution in [0.2, 0.25) is 0 Å². The van der Waals surface area contributed by atoms with E-state index < -0.39 is 5.97 Å². The number of nitrogens with one attached hydrogen (secondary N) is 1. The third-order valence-corrected chi connectivity index (χ3v) is 5.11. The molecular formula is C24H22N4O4. The van der Waals surface area contributed by atoms with Gasteiger partial charge in [-0.05, 0) is 63.2 Å². The number of para-hydroxylation sites is 1. The first-order valence-electron chi connectivity index (χ1n) is 10.2. The molecule has 0 radical (unpaired) electrons. The average molecular weight is 430 g/mol. The van der Waals surface area contributed by atoms with Crippen LogP contribution in [-0.2, 0) is 9.53 Å². The molecule has 0 saturated heterocycles. The first-order chi connectivity index (χ1) is 15.4. The number of benzene rings is 2. The molecule has 1 aliphatic heterocycles. The van der Waals surface area contributed by atoms with Crippen molar-refractivity contribution in [3.8, 4) is 5.69 Å². The molecule has 8 nitrogen and oxygen atoms in total. The smallest absolute Gasteiger partial charge is 0.338 e. The Bertz CT molecular complexity index is 1300. The van der Waals surface area contributed by atoms with Gasteiger partial charge in [0.2, 0.25) is 0 Å². The molecule has 0 saturated carbocycles. The van der Waals surface area contributed by atoms with E-state index in [4.69, 9.17) is 4.74 Å². The number of hydrazone groups is 1. The zero-order chi connectivity index (χ0) is 22.8. The molecule has 0 bridgehead atoms. The lowest BCUT2D eigenvalue weighted by Gasteiger charge is -2.10. The van der Waals surface area contributed by atoms with Crippen LogP contribution in [0.5, 0.6) is 0 Å². The molecule has 1 N–H and O–H groups in total. The molecule has 1 amide bonds. The van der Waals surface area contributed by atoms with Crippen molar-refractivity contribution in [1.82, 2.24) is 9.78 Å². The predicted molar refractivity (Wildman–Crippen MR) is 122 cm³/mol. The van der Waals surface area contributed by atoms with Crippen molar-refractivity contribution < 1.29 is 14.3 Å². The molecule has 0 atom stereocenters. The summed E-state index contributed by atoms with van der Waals surface area (Å²) in [6.45, 7) is 5.53. The fourth-order valence-corrected chi connectivity index (χ4v) is 3.45. The van der Waals surface area contributed by atoms with Gasteiger partial charge in [-0.25, -0.2) is 9.48 Å². The van der Waals surface area contributed by atoms with Gasteiger partial charge in [-0.15, -0.1) is 0 Å². The van der Waals surface area contributed by atoms with Gasteiger partial charge in [-0.3, -0.25) is 14.7 Å². The van der Waals surface area contributed by atoms with Gasteiger partial charge in [-0.1, -0.05) is 18.2 Å². The molecule has 1 aliphatic rings. The zero-order valence-corrected chi connectivity index (χ0v) is 18.0. The second-order valence-electron chi connectivity index (χ2n) is 7.25. The number of esters is 1. The summed E-state index contributed by atoms with van der Waals surface area (Å²) in [5, 5.41) is 8.71. The van der Waals surface area contributed by atoms with E-state index in [-0.39, 0.29) is 18.1 Å². The Hall–Kier alpha value is -4.20. The van der Waals surface area contributed by atoms with Crippen molar-refractivity contribution in [1.29, 1.82) is 0 Å². The van der Waals surface area contributed by atoms with Gasteiger partial charge in [0.05, 0.1) is 40.4 Å². The number of aryl methyl sites for hydroxylation is 1. The molecule has 0 unspecified atom stereocenters. The molecule has 0 fully saturated rings. The van der Waals surface area contributed by atoms with E-state index in [0.29, 0.717) is 39.5 Å². The Kier molecular flexibility index (Phi) is 5.59. The Morgan fingerprint density at radius 1 is 1.03 bits per heavy atom. The van der Waals surface area contributed by atoms with Crippen molar-refractivity contribution in [2.24, 2.45) is 5.10 Å². The highest BCUT2D eigenvalue weighted by molar-refractivity contribution is 6.32. The maximum absolute atomic E-state index is 13.1. The van der Waals surface area contributed by atoms with Crippen LogP contribution >= 0.6 is 0 Å². The summed E-state index contributed by atoms with van der Waals surface area (Å²) in [6.07, 6.45) is 1.57. The highest BCUT2D eigenvalue weighted by atomic mass is 16.5. The summed E-state index contributed by atoms with van der Waals surface area (Å²) in [5.41, 5.74) is 3.18. The van der Waals surface area contributed by atoms with Crippen LogP contribution in [0, 0.1) is 6.92 Å². The molecule has 1 aromatic heterocycles. The summed E-state index contributed by atoms with van der Waals surface area (Å²) >= 11 is 0. The molecular weight excluding hydrogens is 408 g/mol. The fourth-order valence-electron chi connectivity index (χ4n) is 3.45. The van der Waals surface area contributed by atoms with Crippen LogP contribution in [0.25, 0.3) is 11.8 Å². The minimum Gasteiger partial charge on any atom is -0.462 e. The first kappa shape index (κ1) is 21.0. The Morgan fingerprint density at radius 2 is 1.72 bits per heavy atom. The number of hydrogen-bond acceptors (Lipinski definition) is 5. The van der Waals surface area contributed by atoms with Crippen LogP contribution in [0.3, 0.4) is 0 Å². The highest BCUT2D eigenvalue weighted by Gasteiger charge is 2.29. The van der Waals surface area contributed by atoms with Gasteiger partial charge in [0.1, 0.15) is 0 Å². The molecule has 3 aromatic rings.